The molecule has 0 bridgehead atoms. The highest BCUT2D eigenvalue weighted by Gasteiger charge is 2.43. The first kappa shape index (κ1) is 29.1. The maximum Gasteiger partial charge on any atom is 0.508 e. The first-order valence-corrected chi connectivity index (χ1v) is 11.8. The van der Waals surface area contributed by atoms with Crippen LogP contribution in [-0.2, 0) is 33.4 Å². The van der Waals surface area contributed by atoms with Gasteiger partial charge in [-0.05, 0) is 32.1 Å². The summed E-state index contributed by atoms with van der Waals surface area (Å²) >= 11 is 0. The number of rotatable bonds is 16. The van der Waals surface area contributed by atoms with E-state index >= 15 is 0 Å². The van der Waals surface area contributed by atoms with Gasteiger partial charge in [0.25, 0.3) is 10.1 Å². The van der Waals surface area contributed by atoms with Crippen LogP contribution in [0, 0.1) is 5.41 Å². The largest absolute Gasteiger partial charge is 0.508 e. The first-order chi connectivity index (χ1) is 14.3. The lowest BCUT2D eigenvalue weighted by atomic mass is 9.78. The number of aliphatic hydroxyl groups excluding tert-OH is 1. The van der Waals surface area contributed by atoms with Crippen LogP contribution in [-0.4, -0.2) is 74.4 Å². The van der Waals surface area contributed by atoms with Gasteiger partial charge in [-0.1, -0.05) is 20.8 Å². The Balaban J connectivity index is 4.93. The smallest absolute Gasteiger partial charge is 0.479 e. The fraction of sp³-hybridized carbons (Fsp3) is 0.842. The molecular formula is C19H35NO10S. The molecule has 11 nitrogen and oxygen atoms in total. The van der Waals surface area contributed by atoms with Crippen molar-refractivity contribution in [2.75, 3.05) is 25.5 Å². The molecule has 0 saturated heterocycles. The van der Waals surface area contributed by atoms with Crippen LogP contribution in [0.5, 0.6) is 0 Å². The monoisotopic (exact) mass is 469 g/mol. The van der Waals surface area contributed by atoms with Gasteiger partial charge in [0.15, 0.2) is 6.10 Å². The van der Waals surface area contributed by atoms with Gasteiger partial charge in [-0.3, -0.25) is 8.98 Å². The zero-order valence-corrected chi connectivity index (χ0v) is 19.4. The zero-order chi connectivity index (χ0) is 24.1. The fourth-order valence-corrected chi connectivity index (χ4v) is 3.88. The minimum atomic E-state index is -4.05. The maximum atomic E-state index is 12.4. The Morgan fingerprint density at radius 3 is 2.23 bits per heavy atom. The van der Waals surface area contributed by atoms with Gasteiger partial charge in [-0.15, -0.1) is 0 Å². The highest BCUT2D eigenvalue weighted by atomic mass is 32.2. The third kappa shape index (κ3) is 12.5. The molecule has 1 amide bonds. The van der Waals surface area contributed by atoms with E-state index in [1.807, 2.05) is 6.92 Å². The van der Waals surface area contributed by atoms with Crippen molar-refractivity contribution in [2.45, 2.75) is 72.0 Å². The number of amides is 1. The van der Waals surface area contributed by atoms with Crippen molar-refractivity contribution < 1.29 is 46.7 Å². The Kier molecular flexibility index (Phi) is 13.3. The molecule has 3 N–H and O–H groups in total. The topological polar surface area (TPSA) is 166 Å². The molecule has 12 heteroatoms. The summed E-state index contributed by atoms with van der Waals surface area (Å²) in [6.07, 6.45) is -2.18. The summed E-state index contributed by atoms with van der Waals surface area (Å²) in [6, 6.07) is 0. The molecule has 0 rings (SSSR count). The lowest BCUT2D eigenvalue weighted by Crippen LogP contribution is -2.47. The van der Waals surface area contributed by atoms with Gasteiger partial charge in [-0.2, -0.15) is 8.42 Å². The van der Waals surface area contributed by atoms with Gasteiger partial charge in [0.05, 0.1) is 25.1 Å². The number of hydrogen-bond acceptors (Lipinski definition) is 9. The van der Waals surface area contributed by atoms with Crippen molar-refractivity contribution in [1.82, 2.24) is 5.32 Å². The molecule has 0 fully saturated rings. The highest BCUT2D eigenvalue weighted by Crippen LogP contribution is 2.33. The number of unbranched alkanes of at least 4 members (excludes halogenated alkanes) is 1. The second-order valence-electron chi connectivity index (χ2n) is 7.69. The van der Waals surface area contributed by atoms with Crippen LogP contribution in [0.3, 0.4) is 0 Å². The molecule has 182 valence electrons. The molecule has 1 unspecified atom stereocenters. The van der Waals surface area contributed by atoms with Gasteiger partial charge >= 0.3 is 12.1 Å². The quantitative estimate of drug-likeness (QED) is 0.171. The average Bonchev–Trinajstić information content (AvgIpc) is 2.67. The Morgan fingerprint density at radius 1 is 1.06 bits per heavy atom. The highest BCUT2D eigenvalue weighted by molar-refractivity contribution is 7.86. The van der Waals surface area contributed by atoms with Crippen molar-refractivity contribution in [1.29, 1.82) is 0 Å². The van der Waals surface area contributed by atoms with Crippen molar-refractivity contribution >= 4 is 28.1 Å². The van der Waals surface area contributed by atoms with E-state index in [1.165, 1.54) is 20.8 Å². The Labute approximate surface area is 183 Å². The molecule has 0 aliphatic carbocycles. The third-order valence-corrected chi connectivity index (χ3v) is 5.80. The minimum absolute atomic E-state index is 0.0423. The van der Waals surface area contributed by atoms with E-state index in [1.54, 1.807) is 0 Å². The number of nitrogens with one attached hydrogen (secondary N) is 1. The summed E-state index contributed by atoms with van der Waals surface area (Å²) in [6.45, 7) is 6.40. The molecule has 0 aliphatic heterocycles. The summed E-state index contributed by atoms with van der Waals surface area (Å²) in [5.41, 5.74) is -1.42. The number of aliphatic carboxylic acids is 1. The number of carbonyl (C=O) groups is 3. The van der Waals surface area contributed by atoms with E-state index < -0.39 is 39.9 Å². The van der Waals surface area contributed by atoms with Gasteiger partial charge in [0, 0.05) is 18.9 Å². The Bertz CT molecular complexity index is 677. The Morgan fingerprint density at radius 2 is 1.68 bits per heavy atom. The number of ether oxygens (including phenoxy) is 2. The molecule has 0 aromatic heterocycles. The molecule has 0 radical (unpaired) electrons. The maximum absolute atomic E-state index is 12.4. The van der Waals surface area contributed by atoms with E-state index in [2.05, 4.69) is 5.32 Å². The number of hydrogen-bond donors (Lipinski definition) is 3. The lowest BCUT2D eigenvalue weighted by molar-refractivity contribution is -0.158. The molecule has 0 spiro atoms. The molecule has 0 saturated carbocycles. The zero-order valence-electron chi connectivity index (χ0n) is 18.6. The molecule has 0 aromatic carbocycles. The molecule has 31 heavy (non-hydrogen) atoms. The normalized spacial score (nSPS) is 13.8. The predicted molar refractivity (Wildman–Crippen MR) is 111 cm³/mol. The summed E-state index contributed by atoms with van der Waals surface area (Å²) in [4.78, 5) is 33.4. The number of carboxylic acid groups (broad SMARTS) is 1. The molecule has 0 heterocycles. The van der Waals surface area contributed by atoms with Crippen LogP contribution in [0.15, 0.2) is 0 Å². The Hall–Kier alpha value is -1.92. The number of carboxylic acids is 1. The van der Waals surface area contributed by atoms with E-state index in [9.17, 15) is 27.9 Å². The van der Waals surface area contributed by atoms with Crippen LogP contribution in [0.2, 0.25) is 0 Å². The van der Waals surface area contributed by atoms with Gasteiger partial charge in [-0.25, -0.2) is 9.59 Å². The molecule has 0 aliphatic rings. The standard InChI is InChI=1S/C19H35NO10S/c1-5-11-28-18(25)29-12-7-6-9-15(19(3,4)16(22)17(23)24)30-31(26,27)13-8-10-20-14(2)21/h15-16,22H,5-13H2,1-4H3,(H,20,21)(H,23,24)/t15?,16-/m0/s1. The van der Waals surface area contributed by atoms with Crippen LogP contribution < -0.4 is 5.32 Å². The van der Waals surface area contributed by atoms with Crippen molar-refractivity contribution in [3.05, 3.63) is 0 Å². The van der Waals surface area contributed by atoms with E-state index in [0.29, 0.717) is 19.3 Å². The molecule has 2 atom stereocenters. The van der Waals surface area contributed by atoms with Gasteiger partial charge in [0.1, 0.15) is 0 Å². The van der Waals surface area contributed by atoms with Gasteiger partial charge in [0.2, 0.25) is 5.91 Å². The van der Waals surface area contributed by atoms with E-state index in [4.69, 9.17) is 18.8 Å². The number of carbonyl (C=O) groups excluding carboxylic acids is 2. The second-order valence-corrected chi connectivity index (χ2v) is 9.40. The van der Waals surface area contributed by atoms with E-state index in [0.717, 1.165) is 0 Å². The SMILES string of the molecule is CCCOC(=O)OCCCCC(OS(=O)(=O)CCCNC(C)=O)C(C)(C)[C@@H](O)C(=O)O. The molecule has 0 aromatic rings. The van der Waals surface area contributed by atoms with Crippen LogP contribution in [0.25, 0.3) is 0 Å². The van der Waals surface area contributed by atoms with Crippen LogP contribution in [0.4, 0.5) is 4.79 Å². The predicted octanol–water partition coefficient (Wildman–Crippen LogP) is 1.43. The fourth-order valence-electron chi connectivity index (χ4n) is 2.59. The third-order valence-electron chi connectivity index (χ3n) is 4.48. The van der Waals surface area contributed by atoms with Crippen molar-refractivity contribution in [2.24, 2.45) is 5.41 Å². The lowest BCUT2D eigenvalue weighted by Gasteiger charge is -2.35. The minimum Gasteiger partial charge on any atom is -0.479 e. The van der Waals surface area contributed by atoms with Crippen molar-refractivity contribution in [3.8, 4) is 0 Å². The summed E-state index contributed by atoms with van der Waals surface area (Å²) in [5, 5.41) is 21.7. The van der Waals surface area contributed by atoms with Gasteiger partial charge < -0.3 is 25.0 Å². The van der Waals surface area contributed by atoms with Crippen LogP contribution in [0.1, 0.15) is 59.8 Å². The molecular weight excluding hydrogens is 434 g/mol. The first-order valence-electron chi connectivity index (χ1n) is 10.2. The summed E-state index contributed by atoms with van der Waals surface area (Å²) < 4.78 is 39.6. The van der Waals surface area contributed by atoms with Crippen LogP contribution >= 0.6 is 0 Å². The average molecular weight is 470 g/mol. The van der Waals surface area contributed by atoms with E-state index in [-0.39, 0.29) is 44.3 Å². The second kappa shape index (κ2) is 14.2. The summed E-state index contributed by atoms with van der Waals surface area (Å²) in [7, 11) is -4.05. The summed E-state index contributed by atoms with van der Waals surface area (Å²) in [5.74, 6) is -2.17. The number of aliphatic hydroxyl groups is 1. The van der Waals surface area contributed by atoms with Crippen molar-refractivity contribution in [3.63, 3.8) is 0 Å².